The summed E-state index contributed by atoms with van der Waals surface area (Å²) in [7, 11) is 0. The number of carbonyl (C=O) groups excluding carboxylic acids is 1. The average Bonchev–Trinajstić information content (AvgIpc) is 3.31. The molecule has 0 aliphatic carbocycles. The minimum absolute atomic E-state index is 0.121. The lowest BCUT2D eigenvalue weighted by Crippen LogP contribution is -2.40. The molecule has 0 aromatic heterocycles. The van der Waals surface area contributed by atoms with E-state index in [1.807, 2.05) is 29.3 Å². The van der Waals surface area contributed by atoms with E-state index in [1.165, 1.54) is 25.1 Å². The zero-order valence-electron chi connectivity index (χ0n) is 16.8. The summed E-state index contributed by atoms with van der Waals surface area (Å²) in [6.07, 6.45) is 3.79. The lowest BCUT2D eigenvalue weighted by atomic mass is 10.1. The number of halogens is 1. The summed E-state index contributed by atoms with van der Waals surface area (Å²) >= 11 is 0. The van der Waals surface area contributed by atoms with Crippen molar-refractivity contribution >= 4 is 23.5 Å². The molecule has 0 spiro atoms. The fourth-order valence-corrected chi connectivity index (χ4v) is 3.70. The van der Waals surface area contributed by atoms with Crippen LogP contribution in [-0.2, 0) is 0 Å². The van der Waals surface area contributed by atoms with Gasteiger partial charge < -0.3 is 20.6 Å². The third-order valence-electron chi connectivity index (χ3n) is 5.40. The Balaban J connectivity index is 1.46. The number of rotatable bonds is 5. The standard InChI is InChI=1S/C22H26FN5O2/c23-20-14-16(13-17(21(20)29)15-25-28-11-7-24-8-12-28)22(30)26-18-3-5-19(6-4-18)27-9-1-2-10-27/h3-6,13-15,24,29H,1-2,7-12H2,(H,26,30)/b25-15+. The number of phenolic OH excluding ortho intramolecular Hbond substituents is 1. The molecule has 3 N–H and O–H groups in total. The van der Waals surface area contributed by atoms with E-state index < -0.39 is 17.5 Å². The first kappa shape index (κ1) is 20.2. The number of carbonyl (C=O) groups is 1. The van der Waals surface area contributed by atoms with Crippen molar-refractivity contribution in [3.8, 4) is 5.75 Å². The monoisotopic (exact) mass is 411 g/mol. The number of nitrogens with zero attached hydrogens (tertiary/aromatic N) is 3. The molecule has 7 nitrogen and oxygen atoms in total. The molecule has 8 heteroatoms. The van der Waals surface area contributed by atoms with Gasteiger partial charge in [0.1, 0.15) is 0 Å². The molecular weight excluding hydrogens is 385 g/mol. The number of phenols is 1. The predicted octanol–water partition coefficient (Wildman–Crippen LogP) is 2.62. The fourth-order valence-electron chi connectivity index (χ4n) is 3.70. The fraction of sp³-hybridized carbons (Fsp3) is 0.364. The second-order valence-electron chi connectivity index (χ2n) is 7.54. The van der Waals surface area contributed by atoms with E-state index in [-0.39, 0.29) is 11.1 Å². The molecule has 2 fully saturated rings. The third-order valence-corrected chi connectivity index (χ3v) is 5.40. The van der Waals surface area contributed by atoms with Crippen molar-refractivity contribution in [3.63, 3.8) is 0 Å². The summed E-state index contributed by atoms with van der Waals surface area (Å²) in [4.78, 5) is 15.0. The van der Waals surface area contributed by atoms with Crippen LogP contribution in [0.3, 0.4) is 0 Å². The molecule has 2 aromatic carbocycles. The van der Waals surface area contributed by atoms with Gasteiger partial charge in [-0.15, -0.1) is 0 Å². The Morgan fingerprint density at radius 3 is 2.50 bits per heavy atom. The van der Waals surface area contributed by atoms with Gasteiger partial charge >= 0.3 is 0 Å². The van der Waals surface area contributed by atoms with E-state index >= 15 is 0 Å². The Morgan fingerprint density at radius 1 is 1.10 bits per heavy atom. The van der Waals surface area contributed by atoms with Gasteiger partial charge in [0.05, 0.1) is 6.21 Å². The normalized spacial score (nSPS) is 17.0. The summed E-state index contributed by atoms with van der Waals surface area (Å²) in [6, 6.07) is 10.1. The summed E-state index contributed by atoms with van der Waals surface area (Å²) in [5, 5.41) is 22.2. The third kappa shape index (κ3) is 4.71. The van der Waals surface area contributed by atoms with Crippen LogP contribution in [0.1, 0.15) is 28.8 Å². The number of hydrazone groups is 1. The van der Waals surface area contributed by atoms with Crippen molar-refractivity contribution in [3.05, 3.63) is 53.3 Å². The number of aromatic hydroxyl groups is 1. The second kappa shape index (κ2) is 9.13. The zero-order chi connectivity index (χ0) is 20.9. The molecule has 2 saturated heterocycles. The van der Waals surface area contributed by atoms with Gasteiger partial charge in [0.2, 0.25) is 0 Å². The molecular formula is C22H26FN5O2. The molecule has 0 radical (unpaired) electrons. The lowest BCUT2D eigenvalue weighted by molar-refractivity contribution is 0.102. The molecule has 0 unspecified atom stereocenters. The number of hydrogen-bond donors (Lipinski definition) is 3. The highest BCUT2D eigenvalue weighted by Crippen LogP contribution is 2.24. The van der Waals surface area contributed by atoms with Crippen LogP contribution in [0.5, 0.6) is 5.75 Å². The van der Waals surface area contributed by atoms with Crippen LogP contribution in [0.2, 0.25) is 0 Å². The van der Waals surface area contributed by atoms with E-state index in [0.717, 1.165) is 51.0 Å². The summed E-state index contributed by atoms with van der Waals surface area (Å²) in [5.41, 5.74) is 2.05. The van der Waals surface area contributed by atoms with Crippen LogP contribution in [-0.4, -0.2) is 61.5 Å². The van der Waals surface area contributed by atoms with Gasteiger partial charge in [0.25, 0.3) is 5.91 Å². The van der Waals surface area contributed by atoms with E-state index in [4.69, 9.17) is 0 Å². The van der Waals surface area contributed by atoms with E-state index in [1.54, 1.807) is 0 Å². The highest BCUT2D eigenvalue weighted by Gasteiger charge is 2.16. The van der Waals surface area contributed by atoms with Gasteiger partial charge in [0.15, 0.2) is 11.6 Å². The number of hydrogen-bond acceptors (Lipinski definition) is 6. The van der Waals surface area contributed by atoms with Gasteiger partial charge in [-0.05, 0) is 49.2 Å². The van der Waals surface area contributed by atoms with E-state index in [9.17, 15) is 14.3 Å². The van der Waals surface area contributed by atoms with Gasteiger partial charge in [-0.2, -0.15) is 5.10 Å². The molecule has 2 heterocycles. The molecule has 158 valence electrons. The Labute approximate surface area is 175 Å². The quantitative estimate of drug-likeness (QED) is 0.659. The minimum Gasteiger partial charge on any atom is -0.504 e. The van der Waals surface area contributed by atoms with E-state index in [2.05, 4.69) is 20.6 Å². The average molecular weight is 411 g/mol. The Hall–Kier alpha value is -3.13. The van der Waals surface area contributed by atoms with Crippen molar-refractivity contribution in [1.29, 1.82) is 0 Å². The Bertz CT molecular complexity index is 920. The molecule has 0 saturated carbocycles. The van der Waals surface area contributed by atoms with Crippen LogP contribution in [0.4, 0.5) is 15.8 Å². The summed E-state index contributed by atoms with van der Waals surface area (Å²) in [6.45, 7) is 5.20. The first-order chi connectivity index (χ1) is 14.6. The minimum atomic E-state index is -0.853. The maximum Gasteiger partial charge on any atom is 0.255 e. The van der Waals surface area contributed by atoms with Gasteiger partial charge in [0, 0.05) is 61.8 Å². The van der Waals surface area contributed by atoms with Gasteiger partial charge in [-0.3, -0.25) is 9.80 Å². The van der Waals surface area contributed by atoms with Gasteiger partial charge in [-0.25, -0.2) is 4.39 Å². The Kier molecular flexibility index (Phi) is 6.13. The predicted molar refractivity (Wildman–Crippen MR) is 116 cm³/mol. The first-order valence-electron chi connectivity index (χ1n) is 10.3. The Morgan fingerprint density at radius 2 is 1.80 bits per heavy atom. The SMILES string of the molecule is O=C(Nc1ccc(N2CCCC2)cc1)c1cc(F)c(O)c(/C=N/N2CCNCC2)c1. The zero-order valence-corrected chi connectivity index (χ0v) is 16.8. The molecule has 2 aliphatic rings. The highest BCUT2D eigenvalue weighted by atomic mass is 19.1. The van der Waals surface area contributed by atoms with E-state index in [0.29, 0.717) is 5.69 Å². The molecule has 0 atom stereocenters. The number of anilines is 2. The topological polar surface area (TPSA) is 80.2 Å². The van der Waals surface area contributed by atoms with Crippen LogP contribution in [0, 0.1) is 5.82 Å². The number of nitrogens with one attached hydrogen (secondary N) is 2. The van der Waals surface area contributed by atoms with Crippen molar-refractivity contribution in [2.24, 2.45) is 5.10 Å². The first-order valence-corrected chi connectivity index (χ1v) is 10.3. The largest absolute Gasteiger partial charge is 0.504 e. The van der Waals surface area contributed by atoms with Crippen LogP contribution >= 0.6 is 0 Å². The smallest absolute Gasteiger partial charge is 0.255 e. The number of piperazine rings is 1. The van der Waals surface area contributed by atoms with Crippen molar-refractivity contribution < 1.29 is 14.3 Å². The van der Waals surface area contributed by atoms with Crippen molar-refractivity contribution in [2.75, 3.05) is 49.5 Å². The summed E-state index contributed by atoms with van der Waals surface area (Å²) in [5.74, 6) is -1.81. The van der Waals surface area contributed by atoms with Crippen molar-refractivity contribution in [2.45, 2.75) is 12.8 Å². The number of amides is 1. The van der Waals surface area contributed by atoms with Crippen LogP contribution in [0.15, 0.2) is 41.5 Å². The number of benzene rings is 2. The molecule has 1 amide bonds. The molecule has 0 bridgehead atoms. The van der Waals surface area contributed by atoms with Gasteiger partial charge in [-0.1, -0.05) is 0 Å². The maximum absolute atomic E-state index is 14.2. The second-order valence-corrected chi connectivity index (χ2v) is 7.54. The molecule has 2 aliphatic heterocycles. The maximum atomic E-state index is 14.2. The van der Waals surface area contributed by atoms with Crippen molar-refractivity contribution in [1.82, 2.24) is 10.3 Å². The molecule has 30 heavy (non-hydrogen) atoms. The highest BCUT2D eigenvalue weighted by molar-refractivity contribution is 6.05. The van der Waals surface area contributed by atoms with Crippen LogP contribution in [0.25, 0.3) is 0 Å². The molecule has 4 rings (SSSR count). The molecule has 2 aromatic rings. The lowest BCUT2D eigenvalue weighted by Gasteiger charge is -2.24. The summed E-state index contributed by atoms with van der Waals surface area (Å²) < 4.78 is 14.2. The van der Waals surface area contributed by atoms with Crippen LogP contribution < -0.4 is 15.5 Å².